The first-order chi connectivity index (χ1) is 8.72. The Balaban J connectivity index is 0.00000180. The van der Waals surface area contributed by atoms with E-state index in [1.165, 1.54) is 38.5 Å². The van der Waals surface area contributed by atoms with Crippen LogP contribution in [-0.2, 0) is 40.3 Å². The molecule has 0 aromatic heterocycles. The molecule has 0 bridgehead atoms. The third-order valence-corrected chi connectivity index (χ3v) is 11.6. The first-order valence-corrected chi connectivity index (χ1v) is 12.6. The van der Waals surface area contributed by atoms with E-state index in [1.807, 2.05) is 0 Å². The second kappa shape index (κ2) is 9.88. The maximum atomic E-state index is 6.18. The van der Waals surface area contributed by atoms with Crippen LogP contribution in [-0.4, -0.2) is 12.2 Å². The summed E-state index contributed by atoms with van der Waals surface area (Å²) in [6.45, 7) is 0. The third-order valence-electron chi connectivity index (χ3n) is 3.79. The van der Waals surface area contributed by atoms with Crippen LogP contribution in [0.1, 0.15) is 64.2 Å². The van der Waals surface area contributed by atoms with Crippen molar-refractivity contribution in [2.45, 2.75) is 76.4 Å². The molecule has 0 saturated heterocycles. The van der Waals surface area contributed by atoms with Crippen LogP contribution in [0.4, 0.5) is 0 Å². The molecule has 2 fully saturated rings. The van der Waals surface area contributed by atoms with E-state index in [1.54, 1.807) is 11.0 Å². The average molecular weight is 392 g/mol. The van der Waals surface area contributed by atoms with Crippen LogP contribution < -0.4 is 0 Å². The van der Waals surface area contributed by atoms with Gasteiger partial charge in [0.25, 0.3) is 5.69 Å². The van der Waals surface area contributed by atoms with E-state index in [9.17, 15) is 0 Å². The van der Waals surface area contributed by atoms with Gasteiger partial charge in [-0.25, -0.2) is 0 Å². The molecule has 0 aliphatic heterocycles. The van der Waals surface area contributed by atoms with Crippen LogP contribution in [0.5, 0.6) is 0 Å². The molecule has 1 unspecified atom stereocenters. The predicted octanol–water partition coefficient (Wildman–Crippen LogP) is 5.43. The number of hydrogen-bond donors (Lipinski definition) is 0. The van der Waals surface area contributed by atoms with Crippen molar-refractivity contribution in [3.05, 3.63) is 0 Å². The van der Waals surface area contributed by atoms with E-state index in [4.69, 9.17) is 20.9 Å². The summed E-state index contributed by atoms with van der Waals surface area (Å²) in [6.07, 6.45) is 13.2. The van der Waals surface area contributed by atoms with Gasteiger partial charge in [0.1, 0.15) is 0 Å². The van der Waals surface area contributed by atoms with Crippen molar-refractivity contribution in [2.24, 2.45) is 0 Å². The molecule has 108 valence electrons. The molecule has 2 aliphatic carbocycles. The SMILES string of the molecule is PSP(=S)(OC1CCCCC1)OC1CCCCC1.[Zn]. The van der Waals surface area contributed by atoms with Crippen LogP contribution in [0, 0.1) is 0 Å². The van der Waals surface area contributed by atoms with Gasteiger partial charge in [-0.2, -0.15) is 0 Å². The summed E-state index contributed by atoms with van der Waals surface area (Å²) in [4.78, 5) is 0. The van der Waals surface area contributed by atoms with Gasteiger partial charge in [0.05, 0.1) is 12.2 Å². The van der Waals surface area contributed by atoms with E-state index < -0.39 is 5.69 Å². The maximum Gasteiger partial charge on any atom is 0.251 e. The molecular formula is C12H24O2P2S2Zn. The molecule has 2 rings (SSSR count). The van der Waals surface area contributed by atoms with Gasteiger partial charge in [-0.15, -0.1) is 0 Å². The fraction of sp³-hybridized carbons (Fsp3) is 1.00. The van der Waals surface area contributed by atoms with Crippen molar-refractivity contribution >= 4 is 36.9 Å². The van der Waals surface area contributed by atoms with Crippen molar-refractivity contribution in [2.75, 3.05) is 0 Å². The Kier molecular flexibility index (Phi) is 9.89. The number of rotatable bonds is 5. The standard InChI is InChI=1S/C12H24O2P2S2.Zn/c15-18-16(17,13-11-7-3-1-4-8-11)14-12-9-5-2-6-10-12;/h11-12H,1-10,15H2;. The summed E-state index contributed by atoms with van der Waals surface area (Å²) < 4.78 is 12.4. The van der Waals surface area contributed by atoms with E-state index in [0.717, 1.165) is 25.7 Å². The van der Waals surface area contributed by atoms with Crippen molar-refractivity contribution < 1.29 is 28.5 Å². The molecule has 0 spiro atoms. The van der Waals surface area contributed by atoms with Gasteiger partial charge < -0.3 is 9.05 Å². The second-order valence-electron chi connectivity index (χ2n) is 5.28. The molecule has 0 amide bonds. The quantitative estimate of drug-likeness (QED) is 0.459. The summed E-state index contributed by atoms with van der Waals surface area (Å²) in [5, 5.41) is 0. The van der Waals surface area contributed by atoms with Gasteiger partial charge in [-0.1, -0.05) is 47.0 Å². The van der Waals surface area contributed by atoms with Crippen molar-refractivity contribution in [1.29, 1.82) is 0 Å². The fourth-order valence-electron chi connectivity index (χ4n) is 2.78. The van der Waals surface area contributed by atoms with Crippen LogP contribution >= 0.6 is 25.1 Å². The average Bonchev–Trinajstić information content (AvgIpc) is 2.41. The molecule has 0 aromatic carbocycles. The van der Waals surface area contributed by atoms with Gasteiger partial charge in [-0.05, 0) is 48.5 Å². The summed E-state index contributed by atoms with van der Waals surface area (Å²) in [7, 11) is 2.67. The van der Waals surface area contributed by atoms with Gasteiger partial charge >= 0.3 is 0 Å². The van der Waals surface area contributed by atoms with E-state index in [0.29, 0.717) is 12.2 Å². The Hall–Kier alpha value is 1.97. The zero-order chi connectivity index (χ0) is 12.8. The third kappa shape index (κ3) is 6.73. The maximum absolute atomic E-state index is 6.18. The summed E-state index contributed by atoms with van der Waals surface area (Å²) in [5.74, 6) is 0. The zero-order valence-corrected chi connectivity index (χ0v) is 18.2. The molecule has 0 N–H and O–H groups in total. The van der Waals surface area contributed by atoms with Crippen molar-refractivity contribution in [3.8, 4) is 0 Å². The van der Waals surface area contributed by atoms with E-state index in [2.05, 4.69) is 8.44 Å². The molecule has 2 nitrogen and oxygen atoms in total. The van der Waals surface area contributed by atoms with Gasteiger partial charge in [-0.3, -0.25) is 0 Å². The normalized spacial score (nSPS) is 23.0. The van der Waals surface area contributed by atoms with Crippen molar-refractivity contribution in [3.63, 3.8) is 0 Å². The van der Waals surface area contributed by atoms with Gasteiger partial charge in [0, 0.05) is 19.5 Å². The fourth-order valence-corrected chi connectivity index (χ4v) is 6.73. The molecule has 7 heteroatoms. The van der Waals surface area contributed by atoms with E-state index in [-0.39, 0.29) is 19.5 Å². The minimum absolute atomic E-state index is 0. The number of hydrogen-bond acceptors (Lipinski definition) is 4. The van der Waals surface area contributed by atoms with Gasteiger partial charge in [0.2, 0.25) is 0 Å². The topological polar surface area (TPSA) is 18.5 Å². The summed E-state index contributed by atoms with van der Waals surface area (Å²) in [6, 6.07) is 0. The Morgan fingerprint density at radius 1 is 0.842 bits per heavy atom. The van der Waals surface area contributed by atoms with Crippen LogP contribution in [0.25, 0.3) is 0 Å². The largest absolute Gasteiger partial charge is 0.318 e. The molecule has 0 aromatic rings. The van der Waals surface area contributed by atoms with Crippen LogP contribution in [0.2, 0.25) is 0 Å². The molecular weight excluding hydrogens is 368 g/mol. The predicted molar refractivity (Wildman–Crippen MR) is 87.5 cm³/mol. The molecule has 2 aliphatic rings. The monoisotopic (exact) mass is 390 g/mol. The Morgan fingerprint density at radius 2 is 1.21 bits per heavy atom. The first kappa shape index (κ1) is 19.0. The summed E-state index contributed by atoms with van der Waals surface area (Å²) in [5.41, 5.74) is -2.12. The molecule has 2 saturated carbocycles. The Morgan fingerprint density at radius 3 is 1.53 bits per heavy atom. The summed E-state index contributed by atoms with van der Waals surface area (Å²) >= 11 is 7.23. The zero-order valence-electron chi connectivity index (χ0n) is 11.6. The van der Waals surface area contributed by atoms with Crippen LogP contribution in [0.15, 0.2) is 0 Å². The smallest absolute Gasteiger partial charge is 0.251 e. The molecule has 19 heavy (non-hydrogen) atoms. The van der Waals surface area contributed by atoms with Crippen LogP contribution in [0.3, 0.4) is 0 Å². The van der Waals surface area contributed by atoms with E-state index >= 15 is 0 Å². The Bertz CT molecular complexity index is 271. The molecule has 0 heterocycles. The molecule has 1 atom stereocenters. The Labute approximate surface area is 141 Å². The minimum atomic E-state index is -2.12. The van der Waals surface area contributed by atoms with Gasteiger partial charge in [0.15, 0.2) is 0 Å². The molecule has 0 radical (unpaired) electrons. The minimum Gasteiger partial charge on any atom is -0.318 e. The second-order valence-corrected chi connectivity index (χ2v) is 12.9. The van der Waals surface area contributed by atoms with Crippen molar-refractivity contribution in [1.82, 2.24) is 0 Å². The first-order valence-electron chi connectivity index (χ1n) is 7.07.